The zero-order valence-electron chi connectivity index (χ0n) is 19.6. The van der Waals surface area contributed by atoms with Crippen molar-refractivity contribution in [1.82, 2.24) is 5.09 Å². The Kier molecular flexibility index (Phi) is 10.2. The van der Waals surface area contributed by atoms with E-state index in [0.717, 1.165) is 16.3 Å². The summed E-state index contributed by atoms with van der Waals surface area (Å²) >= 11 is 17.4. The molecular formula is C26H19Br5NO5P. The molecule has 4 aromatic carbocycles. The SMILES string of the molecule is C[C@H](NP(=O)(Oc1c(Br)c(Br)c(Br)c(Br)c1Br)Oc1cccc2ccccc12)C(=O)OCc1ccccc1. The smallest absolute Gasteiger partial charge is 0.460 e. The van der Waals surface area contributed by atoms with Gasteiger partial charge in [-0.15, -0.1) is 0 Å². The fourth-order valence-corrected chi connectivity index (χ4v) is 8.39. The van der Waals surface area contributed by atoms with E-state index in [1.165, 1.54) is 6.92 Å². The Morgan fingerprint density at radius 1 is 0.789 bits per heavy atom. The van der Waals surface area contributed by atoms with Gasteiger partial charge in [0, 0.05) is 9.86 Å². The molecule has 0 saturated carbocycles. The van der Waals surface area contributed by atoms with Gasteiger partial charge in [-0.3, -0.25) is 4.79 Å². The molecule has 2 atom stereocenters. The fourth-order valence-electron chi connectivity index (χ4n) is 3.40. The standard InChI is InChI=1S/C26H19Br5NO5P/c1-15(26(33)35-14-16-8-3-2-4-9-16)32-38(34,36-19-13-7-11-17-10-5-6-12-18(17)19)37-25-23(30)21(28)20(27)22(29)24(25)31/h2-13,15H,14H2,1H3,(H,32,34)/t15-,38?/m0/s1. The minimum absolute atomic E-state index is 0.0741. The van der Waals surface area contributed by atoms with Crippen molar-refractivity contribution in [3.8, 4) is 11.5 Å². The molecule has 0 bridgehead atoms. The van der Waals surface area contributed by atoms with Crippen LogP contribution in [0.4, 0.5) is 0 Å². The van der Waals surface area contributed by atoms with E-state index in [1.54, 1.807) is 12.1 Å². The van der Waals surface area contributed by atoms with Crippen molar-refractivity contribution in [2.24, 2.45) is 0 Å². The molecule has 0 aromatic heterocycles. The molecule has 12 heteroatoms. The van der Waals surface area contributed by atoms with Gasteiger partial charge in [-0.1, -0.05) is 66.7 Å². The van der Waals surface area contributed by atoms with E-state index >= 15 is 0 Å². The molecule has 0 amide bonds. The monoisotopic (exact) mass is 851 g/mol. The summed E-state index contributed by atoms with van der Waals surface area (Å²) in [5.74, 6) is -0.102. The number of hydrogen-bond donors (Lipinski definition) is 1. The number of fused-ring (bicyclic) bond motifs is 1. The molecule has 198 valence electrons. The second kappa shape index (κ2) is 13.0. The van der Waals surface area contributed by atoms with Crippen molar-refractivity contribution in [3.63, 3.8) is 0 Å². The number of ether oxygens (including phenoxy) is 1. The Hall–Kier alpha value is -1.20. The van der Waals surface area contributed by atoms with Gasteiger partial charge in [0.15, 0.2) is 5.75 Å². The first-order valence-corrected chi connectivity index (χ1v) is 16.6. The number of nitrogens with one attached hydrogen (secondary N) is 1. The molecule has 0 spiro atoms. The summed E-state index contributed by atoms with van der Waals surface area (Å²) in [7, 11) is -4.25. The molecule has 38 heavy (non-hydrogen) atoms. The number of rotatable bonds is 9. The minimum Gasteiger partial charge on any atom is -0.460 e. The maximum atomic E-state index is 14.3. The third kappa shape index (κ3) is 6.92. The third-order valence-corrected chi connectivity index (χ3v) is 12.9. The van der Waals surface area contributed by atoms with Gasteiger partial charge in [0.1, 0.15) is 18.4 Å². The lowest BCUT2D eigenvalue weighted by Crippen LogP contribution is -2.35. The van der Waals surface area contributed by atoms with E-state index < -0.39 is 19.8 Å². The highest BCUT2D eigenvalue weighted by Gasteiger charge is 2.36. The quantitative estimate of drug-likeness (QED) is 0.0783. The van der Waals surface area contributed by atoms with Crippen LogP contribution in [0.2, 0.25) is 0 Å². The van der Waals surface area contributed by atoms with Gasteiger partial charge >= 0.3 is 13.7 Å². The van der Waals surface area contributed by atoms with Gasteiger partial charge in [-0.25, -0.2) is 4.57 Å². The van der Waals surface area contributed by atoms with Gasteiger partial charge in [-0.05, 0) is 104 Å². The summed E-state index contributed by atoms with van der Waals surface area (Å²) in [4.78, 5) is 12.8. The first-order chi connectivity index (χ1) is 18.1. The van der Waals surface area contributed by atoms with Gasteiger partial charge in [-0.2, -0.15) is 5.09 Å². The van der Waals surface area contributed by atoms with E-state index in [0.29, 0.717) is 28.1 Å². The molecule has 0 aliphatic carbocycles. The highest BCUT2D eigenvalue weighted by Crippen LogP contribution is 2.55. The number of halogens is 5. The number of carbonyl (C=O) groups excluding carboxylic acids is 1. The molecule has 1 N–H and O–H groups in total. The lowest BCUT2D eigenvalue weighted by Gasteiger charge is -2.25. The van der Waals surface area contributed by atoms with Crippen LogP contribution in [0.25, 0.3) is 10.8 Å². The van der Waals surface area contributed by atoms with Crippen LogP contribution in [-0.4, -0.2) is 12.0 Å². The first kappa shape index (κ1) is 29.8. The van der Waals surface area contributed by atoms with Crippen LogP contribution in [-0.2, 0) is 20.7 Å². The van der Waals surface area contributed by atoms with Crippen molar-refractivity contribution >= 4 is 104 Å². The van der Waals surface area contributed by atoms with Crippen LogP contribution >= 0.6 is 87.4 Å². The lowest BCUT2D eigenvalue weighted by atomic mass is 10.1. The van der Waals surface area contributed by atoms with Gasteiger partial charge in [0.05, 0.1) is 17.9 Å². The molecule has 0 saturated heterocycles. The number of hydrogen-bond acceptors (Lipinski definition) is 5. The summed E-state index contributed by atoms with van der Waals surface area (Å²) < 4.78 is 34.8. The predicted molar refractivity (Wildman–Crippen MR) is 167 cm³/mol. The summed E-state index contributed by atoms with van der Waals surface area (Å²) in [6, 6.07) is 21.2. The third-order valence-electron chi connectivity index (χ3n) is 5.28. The second-order valence-corrected chi connectivity index (χ2v) is 13.6. The van der Waals surface area contributed by atoms with Crippen LogP contribution in [0, 0.1) is 0 Å². The van der Waals surface area contributed by atoms with Crippen molar-refractivity contribution < 1.29 is 23.1 Å². The van der Waals surface area contributed by atoms with Crippen LogP contribution in [0.1, 0.15) is 12.5 Å². The Balaban J connectivity index is 1.67. The zero-order chi connectivity index (χ0) is 27.4. The van der Waals surface area contributed by atoms with E-state index in [9.17, 15) is 9.36 Å². The zero-order valence-corrected chi connectivity index (χ0v) is 28.4. The number of carbonyl (C=O) groups is 1. The molecule has 0 aliphatic rings. The minimum atomic E-state index is -4.25. The molecule has 6 nitrogen and oxygen atoms in total. The summed E-state index contributed by atoms with van der Waals surface area (Å²) in [6.07, 6.45) is 0. The summed E-state index contributed by atoms with van der Waals surface area (Å²) in [5.41, 5.74) is 0.830. The van der Waals surface area contributed by atoms with Crippen LogP contribution in [0.15, 0.2) is 95.2 Å². The Labute approximate surface area is 262 Å². The Bertz CT molecular complexity index is 1500. The van der Waals surface area contributed by atoms with E-state index in [-0.39, 0.29) is 12.4 Å². The largest absolute Gasteiger partial charge is 0.513 e. The van der Waals surface area contributed by atoms with Gasteiger partial charge < -0.3 is 13.8 Å². The molecule has 4 aromatic rings. The van der Waals surface area contributed by atoms with E-state index in [4.69, 9.17) is 13.8 Å². The lowest BCUT2D eigenvalue weighted by molar-refractivity contribution is -0.146. The molecule has 0 radical (unpaired) electrons. The van der Waals surface area contributed by atoms with Crippen molar-refractivity contribution in [2.45, 2.75) is 19.6 Å². The predicted octanol–water partition coefficient (Wildman–Crippen LogP) is 9.94. The van der Waals surface area contributed by atoms with E-state index in [2.05, 4.69) is 84.7 Å². The maximum Gasteiger partial charge on any atom is 0.513 e. The summed E-state index contributed by atoms with van der Waals surface area (Å²) in [5, 5.41) is 4.38. The topological polar surface area (TPSA) is 73.9 Å². The fraction of sp³-hybridized carbons (Fsp3) is 0.115. The highest BCUT2D eigenvalue weighted by atomic mass is 79.9. The number of benzene rings is 4. The average molecular weight is 856 g/mol. The average Bonchev–Trinajstić information content (AvgIpc) is 2.92. The molecule has 0 aliphatic heterocycles. The molecule has 4 rings (SSSR count). The highest BCUT2D eigenvalue weighted by molar-refractivity contribution is 9.15. The molecule has 0 fully saturated rings. The second-order valence-electron chi connectivity index (χ2n) is 8.00. The molecule has 0 heterocycles. The van der Waals surface area contributed by atoms with Crippen molar-refractivity contribution in [2.75, 3.05) is 0 Å². The Morgan fingerprint density at radius 3 is 2.05 bits per heavy atom. The van der Waals surface area contributed by atoms with Crippen molar-refractivity contribution in [1.29, 1.82) is 0 Å². The van der Waals surface area contributed by atoms with Crippen LogP contribution < -0.4 is 14.1 Å². The van der Waals surface area contributed by atoms with Crippen molar-refractivity contribution in [3.05, 3.63) is 101 Å². The first-order valence-electron chi connectivity index (χ1n) is 11.1. The maximum absolute atomic E-state index is 14.3. The molecule has 1 unspecified atom stereocenters. The summed E-state index contributed by atoms with van der Waals surface area (Å²) in [6.45, 7) is 1.61. The normalized spacial score (nSPS) is 13.5. The number of esters is 1. The van der Waals surface area contributed by atoms with Crippen LogP contribution in [0.5, 0.6) is 11.5 Å². The van der Waals surface area contributed by atoms with E-state index in [1.807, 2.05) is 60.7 Å². The van der Waals surface area contributed by atoms with Crippen LogP contribution in [0.3, 0.4) is 0 Å². The Morgan fingerprint density at radius 2 is 1.37 bits per heavy atom. The van der Waals surface area contributed by atoms with Gasteiger partial charge in [0.25, 0.3) is 0 Å². The van der Waals surface area contributed by atoms with Gasteiger partial charge in [0.2, 0.25) is 0 Å². The molecular weight excluding hydrogens is 837 g/mol.